The summed E-state index contributed by atoms with van der Waals surface area (Å²) >= 11 is 0. The Labute approximate surface area is 209 Å². The van der Waals surface area contributed by atoms with Crippen molar-refractivity contribution >= 4 is 22.9 Å². The van der Waals surface area contributed by atoms with Crippen LogP contribution in [0, 0.1) is 0 Å². The van der Waals surface area contributed by atoms with Gasteiger partial charge in [0, 0.05) is 37.1 Å². The van der Waals surface area contributed by atoms with E-state index in [0.717, 1.165) is 25.7 Å². The summed E-state index contributed by atoms with van der Waals surface area (Å²) in [4.78, 5) is 27.3. The first-order chi connectivity index (χ1) is 17.2. The standard InChI is InChI=1S/C26H32N4O6/c31-19-7-8-20(32)24-23(19)25(33)21-17(27-9-15-29(35)11-1-2-12-29)5-6-18(22(21)26(24)34)28-10-16-30(36)13-3-4-14-30/h5-8,35-36H,1-4,9-16H2,(H2-2,27,28,31,32,33,34)/p+2. The summed E-state index contributed by atoms with van der Waals surface area (Å²) < 4.78 is -0.0548. The van der Waals surface area contributed by atoms with Crippen LogP contribution in [-0.4, -0.2) is 93.8 Å². The van der Waals surface area contributed by atoms with Gasteiger partial charge in [0.05, 0.1) is 35.3 Å². The lowest BCUT2D eigenvalue weighted by Gasteiger charge is -2.28. The first-order valence-corrected chi connectivity index (χ1v) is 12.7. The highest BCUT2D eigenvalue weighted by atomic mass is 16.5. The number of aromatic hydroxyl groups is 2. The summed E-state index contributed by atoms with van der Waals surface area (Å²) in [5.74, 6) is -1.85. The lowest BCUT2D eigenvalue weighted by molar-refractivity contribution is -1.09. The lowest BCUT2D eigenvalue weighted by atomic mass is 9.81. The minimum atomic E-state index is -0.557. The number of carbonyl (C=O) groups excluding carboxylic acids is 2. The topological polar surface area (TPSA) is 139 Å². The Balaban J connectivity index is 1.47. The number of hydrogen-bond acceptors (Lipinski definition) is 8. The van der Waals surface area contributed by atoms with Gasteiger partial charge in [-0.3, -0.25) is 9.59 Å². The summed E-state index contributed by atoms with van der Waals surface area (Å²) in [6.45, 7) is 4.43. The molecule has 2 aromatic carbocycles. The quantitative estimate of drug-likeness (QED) is 0.206. The van der Waals surface area contributed by atoms with Crippen molar-refractivity contribution in [3.63, 3.8) is 0 Å². The van der Waals surface area contributed by atoms with Crippen LogP contribution in [0.15, 0.2) is 24.3 Å². The van der Waals surface area contributed by atoms with Crippen LogP contribution in [-0.2, 0) is 0 Å². The molecule has 2 saturated heterocycles. The Morgan fingerprint density at radius 3 is 1.33 bits per heavy atom. The second kappa shape index (κ2) is 9.36. The Hall–Kier alpha value is -3.18. The number of rotatable bonds is 8. The van der Waals surface area contributed by atoms with Crippen LogP contribution in [0.2, 0.25) is 0 Å². The maximum absolute atomic E-state index is 13.6. The molecule has 2 heterocycles. The number of phenolic OH excluding ortho intramolecular Hbond substituents is 2. The van der Waals surface area contributed by atoms with Gasteiger partial charge in [-0.15, -0.1) is 0 Å². The van der Waals surface area contributed by atoms with Crippen LogP contribution in [0.1, 0.15) is 57.5 Å². The maximum atomic E-state index is 13.6. The molecule has 6 N–H and O–H groups in total. The fraction of sp³-hybridized carbons (Fsp3) is 0.462. The number of likely N-dealkylation sites (tertiary alicyclic amines) is 2. The minimum absolute atomic E-state index is 0.0274. The molecule has 3 aliphatic rings. The van der Waals surface area contributed by atoms with Crippen LogP contribution in [0.5, 0.6) is 11.5 Å². The molecule has 1 aliphatic carbocycles. The van der Waals surface area contributed by atoms with E-state index in [0.29, 0.717) is 63.7 Å². The smallest absolute Gasteiger partial charge is 0.200 e. The van der Waals surface area contributed by atoms with Gasteiger partial charge in [-0.2, -0.15) is 9.29 Å². The van der Waals surface area contributed by atoms with Gasteiger partial charge < -0.3 is 20.8 Å². The highest BCUT2D eigenvalue weighted by Crippen LogP contribution is 2.42. The third-order valence-corrected chi connectivity index (χ3v) is 7.76. The summed E-state index contributed by atoms with van der Waals surface area (Å²) in [6, 6.07) is 5.82. The number of ketones is 2. The largest absolute Gasteiger partial charge is 0.507 e. The van der Waals surface area contributed by atoms with Crippen molar-refractivity contribution in [1.82, 2.24) is 0 Å². The maximum Gasteiger partial charge on any atom is 0.200 e. The van der Waals surface area contributed by atoms with Crippen LogP contribution < -0.4 is 10.6 Å². The molecule has 10 nitrogen and oxygen atoms in total. The van der Waals surface area contributed by atoms with E-state index in [2.05, 4.69) is 10.6 Å². The van der Waals surface area contributed by atoms with Crippen LogP contribution in [0.3, 0.4) is 0 Å². The number of quaternary nitrogens is 2. The van der Waals surface area contributed by atoms with E-state index in [4.69, 9.17) is 0 Å². The second-order valence-electron chi connectivity index (χ2n) is 10.2. The van der Waals surface area contributed by atoms with Gasteiger partial charge in [-0.25, -0.2) is 10.4 Å². The van der Waals surface area contributed by atoms with Gasteiger partial charge in [0.2, 0.25) is 11.6 Å². The molecule has 2 aromatic rings. The number of nitrogens with zero attached hydrogens (tertiary/aromatic N) is 2. The highest BCUT2D eigenvalue weighted by molar-refractivity contribution is 6.33. The molecule has 2 fully saturated rings. The van der Waals surface area contributed by atoms with Crippen molar-refractivity contribution < 1.29 is 39.5 Å². The van der Waals surface area contributed by atoms with Crippen molar-refractivity contribution in [2.75, 3.05) is 63.0 Å². The zero-order valence-corrected chi connectivity index (χ0v) is 20.3. The Morgan fingerprint density at radius 1 is 0.611 bits per heavy atom. The number of anilines is 2. The van der Waals surface area contributed by atoms with E-state index in [1.807, 2.05) is 0 Å². The highest BCUT2D eigenvalue weighted by Gasteiger charge is 2.38. The molecule has 36 heavy (non-hydrogen) atoms. The molecule has 0 spiro atoms. The number of benzene rings is 2. The Kier molecular flexibility index (Phi) is 6.37. The zero-order valence-electron chi connectivity index (χ0n) is 20.3. The van der Waals surface area contributed by atoms with E-state index in [1.54, 1.807) is 12.1 Å². The fourth-order valence-electron chi connectivity index (χ4n) is 5.75. The van der Waals surface area contributed by atoms with E-state index in [1.165, 1.54) is 12.1 Å². The molecule has 192 valence electrons. The summed E-state index contributed by atoms with van der Waals surface area (Å²) in [7, 11) is 0. The molecule has 0 aromatic heterocycles. The molecule has 0 unspecified atom stereocenters. The number of hydrogen-bond donors (Lipinski definition) is 6. The van der Waals surface area contributed by atoms with E-state index < -0.39 is 11.6 Å². The fourth-order valence-corrected chi connectivity index (χ4v) is 5.75. The summed E-state index contributed by atoms with van der Waals surface area (Å²) in [5.41, 5.74) is 0.679. The Bertz CT molecular complexity index is 1110. The normalized spacial score (nSPS) is 19.7. The summed E-state index contributed by atoms with van der Waals surface area (Å²) in [6.07, 6.45) is 3.86. The number of carbonyl (C=O) groups is 2. The summed E-state index contributed by atoms with van der Waals surface area (Å²) in [5, 5.41) is 48.5. The average molecular weight is 499 g/mol. The van der Waals surface area contributed by atoms with E-state index in [9.17, 15) is 30.2 Å². The van der Waals surface area contributed by atoms with Gasteiger partial charge >= 0.3 is 0 Å². The SMILES string of the molecule is O=C1c2c(O)ccc(O)c2C(=O)c2c(NCC[N+]3(O)CCCC3)ccc(NCC[N+]3(O)CCCC3)c21. The molecule has 2 aliphatic heterocycles. The molecule has 5 rings (SSSR count). The molecule has 10 heteroatoms. The first-order valence-electron chi connectivity index (χ1n) is 12.7. The predicted octanol–water partition coefficient (Wildman–Crippen LogP) is 2.70. The van der Waals surface area contributed by atoms with Gasteiger partial charge in [0.15, 0.2) is 0 Å². The number of fused-ring (bicyclic) bond motifs is 2. The van der Waals surface area contributed by atoms with Gasteiger partial charge in [0.1, 0.15) is 50.8 Å². The van der Waals surface area contributed by atoms with Crippen molar-refractivity contribution in [1.29, 1.82) is 0 Å². The Morgan fingerprint density at radius 2 is 0.972 bits per heavy atom. The van der Waals surface area contributed by atoms with Crippen molar-refractivity contribution in [3.05, 3.63) is 46.5 Å². The first kappa shape index (κ1) is 24.5. The minimum Gasteiger partial charge on any atom is -0.507 e. The second-order valence-corrected chi connectivity index (χ2v) is 10.2. The monoisotopic (exact) mass is 498 g/mol. The van der Waals surface area contributed by atoms with Crippen LogP contribution >= 0.6 is 0 Å². The van der Waals surface area contributed by atoms with Crippen LogP contribution in [0.4, 0.5) is 11.4 Å². The number of hydroxylamine groups is 6. The number of phenols is 2. The van der Waals surface area contributed by atoms with Crippen molar-refractivity contribution in [2.24, 2.45) is 0 Å². The number of nitrogens with one attached hydrogen (secondary N) is 2. The predicted molar refractivity (Wildman–Crippen MR) is 132 cm³/mol. The molecule has 0 amide bonds. The third-order valence-electron chi connectivity index (χ3n) is 7.76. The zero-order chi connectivity index (χ0) is 25.5. The molecule has 0 saturated carbocycles. The van der Waals surface area contributed by atoms with Crippen LogP contribution in [0.25, 0.3) is 0 Å². The lowest BCUT2D eigenvalue weighted by Crippen LogP contribution is -2.45. The average Bonchev–Trinajstić information content (AvgIpc) is 3.48. The van der Waals surface area contributed by atoms with E-state index >= 15 is 0 Å². The van der Waals surface area contributed by atoms with Gasteiger partial charge in [-0.05, 0) is 24.3 Å². The van der Waals surface area contributed by atoms with Gasteiger partial charge in [0.25, 0.3) is 0 Å². The molecular formula is C26H34N4O6+2. The third kappa shape index (κ3) is 4.41. The van der Waals surface area contributed by atoms with Crippen molar-refractivity contribution in [3.8, 4) is 11.5 Å². The molecular weight excluding hydrogens is 464 g/mol. The van der Waals surface area contributed by atoms with Crippen molar-refractivity contribution in [2.45, 2.75) is 25.7 Å². The molecule has 0 radical (unpaired) electrons. The van der Waals surface area contributed by atoms with E-state index in [-0.39, 0.29) is 43.0 Å². The molecule has 0 bridgehead atoms. The van der Waals surface area contributed by atoms with Gasteiger partial charge in [-0.1, -0.05) is 0 Å². The molecule has 0 atom stereocenters.